The van der Waals surface area contributed by atoms with Crippen molar-refractivity contribution in [3.8, 4) is 5.88 Å². The van der Waals surface area contributed by atoms with E-state index in [1.165, 1.54) is 0 Å². The Morgan fingerprint density at radius 1 is 1.53 bits per heavy atom. The summed E-state index contributed by atoms with van der Waals surface area (Å²) in [6.07, 6.45) is 0.746. The Morgan fingerprint density at radius 2 is 2.32 bits per heavy atom. The predicted octanol–water partition coefficient (Wildman–Crippen LogP) is 1.51. The molecule has 19 heavy (non-hydrogen) atoms. The minimum atomic E-state index is -0.272. The molecule has 1 aliphatic rings. The van der Waals surface area contributed by atoms with E-state index in [2.05, 4.69) is 9.97 Å². The molecule has 0 radical (unpaired) electrons. The van der Waals surface area contributed by atoms with E-state index in [4.69, 9.17) is 17.0 Å². The first-order valence-corrected chi connectivity index (χ1v) is 6.43. The largest absolute Gasteiger partial charge is 0.481 e. The van der Waals surface area contributed by atoms with Crippen molar-refractivity contribution >= 4 is 29.3 Å². The van der Waals surface area contributed by atoms with Gasteiger partial charge in [-0.25, -0.2) is 0 Å². The predicted molar refractivity (Wildman–Crippen MR) is 72.8 cm³/mol. The van der Waals surface area contributed by atoms with E-state index < -0.39 is 0 Å². The lowest BCUT2D eigenvalue weighted by molar-refractivity contribution is -0.129. The third-order valence-electron chi connectivity index (χ3n) is 3.46. The summed E-state index contributed by atoms with van der Waals surface area (Å²) in [5, 5.41) is 0. The molecule has 3 heterocycles. The number of ether oxygens (including phenoxy) is 1. The van der Waals surface area contributed by atoms with E-state index in [1.54, 1.807) is 29.7 Å². The van der Waals surface area contributed by atoms with Crippen LogP contribution in [-0.2, 0) is 4.79 Å². The average molecular weight is 278 g/mol. The van der Waals surface area contributed by atoms with Crippen molar-refractivity contribution < 1.29 is 9.53 Å². The molecule has 1 atom stereocenters. The second-order valence-electron chi connectivity index (χ2n) is 4.59. The van der Waals surface area contributed by atoms with E-state index in [1.807, 2.05) is 6.07 Å². The van der Waals surface area contributed by atoms with Gasteiger partial charge < -0.3 is 14.6 Å². The molecule has 100 valence electrons. The Kier molecular flexibility index (Phi) is 2.78. The molecule has 1 aliphatic heterocycles. The first kappa shape index (κ1) is 12.2. The van der Waals surface area contributed by atoms with Gasteiger partial charge in [0, 0.05) is 19.7 Å². The Balaban J connectivity index is 2.20. The van der Waals surface area contributed by atoms with Crippen molar-refractivity contribution in [1.29, 1.82) is 0 Å². The first-order chi connectivity index (χ1) is 9.11. The molecule has 1 N–H and O–H groups in total. The molecule has 0 saturated carbocycles. The highest BCUT2D eigenvalue weighted by Gasteiger charge is 2.32. The van der Waals surface area contributed by atoms with E-state index in [-0.39, 0.29) is 11.9 Å². The van der Waals surface area contributed by atoms with Gasteiger partial charge in [0.25, 0.3) is 0 Å². The van der Waals surface area contributed by atoms with Crippen molar-refractivity contribution in [2.24, 2.45) is 0 Å². The Labute approximate surface area is 115 Å². The van der Waals surface area contributed by atoms with E-state index in [9.17, 15) is 4.79 Å². The summed E-state index contributed by atoms with van der Waals surface area (Å²) in [5.74, 6) is 0.579. The highest BCUT2D eigenvalue weighted by molar-refractivity contribution is 7.71. The number of pyridine rings is 1. The summed E-state index contributed by atoms with van der Waals surface area (Å²) in [5.41, 5.74) is 1.48. The maximum atomic E-state index is 12.1. The number of hydrogen-bond donors (Lipinski definition) is 1. The molecule has 1 saturated heterocycles. The van der Waals surface area contributed by atoms with Crippen molar-refractivity contribution in [2.45, 2.75) is 12.5 Å². The van der Waals surface area contributed by atoms with Crippen LogP contribution < -0.4 is 4.74 Å². The van der Waals surface area contributed by atoms with Crippen LogP contribution >= 0.6 is 12.2 Å². The second-order valence-corrected chi connectivity index (χ2v) is 4.98. The van der Waals surface area contributed by atoms with Crippen LogP contribution in [0.4, 0.5) is 0 Å². The van der Waals surface area contributed by atoms with Crippen LogP contribution in [0.3, 0.4) is 0 Å². The fourth-order valence-electron chi connectivity index (χ4n) is 2.43. The maximum Gasteiger partial charge on any atom is 0.245 e. The summed E-state index contributed by atoms with van der Waals surface area (Å²) >= 11 is 5.32. The number of nitrogens with zero attached hydrogens (tertiary/aromatic N) is 3. The molecular weight excluding hydrogens is 264 g/mol. The van der Waals surface area contributed by atoms with Gasteiger partial charge in [-0.15, -0.1) is 0 Å². The number of carbonyl (C=O) groups is 1. The van der Waals surface area contributed by atoms with Gasteiger partial charge in [-0.05, 0) is 24.7 Å². The molecular formula is C12H14N4O2S. The van der Waals surface area contributed by atoms with Crippen molar-refractivity contribution in [3.63, 3.8) is 0 Å². The minimum Gasteiger partial charge on any atom is -0.481 e. The topological polar surface area (TPSA) is 63.1 Å². The highest BCUT2D eigenvalue weighted by Crippen LogP contribution is 2.27. The Morgan fingerprint density at radius 3 is 2.95 bits per heavy atom. The van der Waals surface area contributed by atoms with Crippen LogP contribution in [0.1, 0.15) is 12.5 Å². The average Bonchev–Trinajstić information content (AvgIpc) is 2.89. The lowest BCUT2D eigenvalue weighted by Crippen LogP contribution is -2.24. The number of methoxy groups -OCH3 is 1. The molecule has 1 amide bonds. The van der Waals surface area contributed by atoms with Crippen LogP contribution in [0.15, 0.2) is 12.1 Å². The zero-order valence-electron chi connectivity index (χ0n) is 10.7. The van der Waals surface area contributed by atoms with Crippen molar-refractivity contribution in [1.82, 2.24) is 19.4 Å². The van der Waals surface area contributed by atoms with Gasteiger partial charge in [-0.1, -0.05) is 0 Å². The van der Waals surface area contributed by atoms with Gasteiger partial charge in [-0.2, -0.15) is 4.98 Å². The number of carbonyl (C=O) groups excluding carboxylic acids is 1. The molecule has 0 aromatic carbocycles. The maximum absolute atomic E-state index is 12.1. The van der Waals surface area contributed by atoms with Gasteiger partial charge in [0.1, 0.15) is 6.04 Å². The van der Waals surface area contributed by atoms with Crippen LogP contribution in [0.5, 0.6) is 5.88 Å². The number of rotatable bonds is 2. The molecule has 1 fully saturated rings. The highest BCUT2D eigenvalue weighted by atomic mass is 32.1. The fraction of sp³-hybridized carbons (Fsp3) is 0.417. The molecule has 0 spiro atoms. The summed E-state index contributed by atoms with van der Waals surface area (Å²) in [7, 11) is 3.36. The third-order valence-corrected chi connectivity index (χ3v) is 3.76. The quantitative estimate of drug-likeness (QED) is 0.846. The summed E-state index contributed by atoms with van der Waals surface area (Å²) in [6, 6.07) is 3.35. The van der Waals surface area contributed by atoms with Crippen LogP contribution in [0, 0.1) is 4.77 Å². The summed E-state index contributed by atoms with van der Waals surface area (Å²) in [4.78, 5) is 21.3. The number of likely N-dealkylation sites (N-methyl/N-ethyl adjacent to an activating group) is 1. The molecule has 2 aromatic rings. The van der Waals surface area contributed by atoms with Gasteiger partial charge in [0.15, 0.2) is 10.4 Å². The summed E-state index contributed by atoms with van der Waals surface area (Å²) < 4.78 is 7.44. The zero-order valence-corrected chi connectivity index (χ0v) is 11.5. The van der Waals surface area contributed by atoms with Gasteiger partial charge in [0.2, 0.25) is 11.8 Å². The molecule has 3 rings (SSSR count). The number of amides is 1. The molecule has 7 heteroatoms. The van der Waals surface area contributed by atoms with Gasteiger partial charge >= 0.3 is 0 Å². The van der Waals surface area contributed by atoms with Crippen molar-refractivity contribution in [3.05, 3.63) is 16.9 Å². The molecule has 0 aliphatic carbocycles. The standard InChI is InChI=1S/C12H14N4O2S/c1-15-6-5-8(11(15)17)16-10-7(13-12(16)19)3-4-9(14-10)18-2/h3-4,8H,5-6H2,1-2H3,(H,13,19). The SMILES string of the molecule is COc1ccc2[nH]c(=S)n(C3CCN(C)C3=O)c2n1. The number of nitrogens with one attached hydrogen (secondary N) is 1. The van der Waals surface area contributed by atoms with Crippen molar-refractivity contribution in [2.75, 3.05) is 20.7 Å². The van der Waals surface area contributed by atoms with E-state index >= 15 is 0 Å². The number of H-pyrrole nitrogens is 1. The second kappa shape index (κ2) is 4.34. The zero-order chi connectivity index (χ0) is 13.6. The van der Waals surface area contributed by atoms with Gasteiger partial charge in [0.05, 0.1) is 12.6 Å². The van der Waals surface area contributed by atoms with Gasteiger partial charge in [-0.3, -0.25) is 9.36 Å². The smallest absolute Gasteiger partial charge is 0.245 e. The number of fused-ring (bicyclic) bond motifs is 1. The lowest BCUT2D eigenvalue weighted by atomic mass is 10.2. The Bertz CT molecular complexity index is 705. The lowest BCUT2D eigenvalue weighted by Gasteiger charge is -2.12. The molecule has 1 unspecified atom stereocenters. The number of aromatic nitrogens is 3. The fourth-order valence-corrected chi connectivity index (χ4v) is 2.75. The Hall–Kier alpha value is -1.89. The summed E-state index contributed by atoms with van der Waals surface area (Å²) in [6.45, 7) is 0.738. The molecule has 6 nitrogen and oxygen atoms in total. The van der Waals surface area contributed by atoms with Crippen LogP contribution in [0.25, 0.3) is 11.2 Å². The number of imidazole rings is 1. The monoisotopic (exact) mass is 278 g/mol. The minimum absolute atomic E-state index is 0.0709. The number of hydrogen-bond acceptors (Lipinski definition) is 4. The van der Waals surface area contributed by atoms with Crippen LogP contribution in [-0.4, -0.2) is 46.0 Å². The molecule has 2 aromatic heterocycles. The number of aromatic amines is 1. The van der Waals surface area contributed by atoms with E-state index in [0.717, 1.165) is 18.5 Å². The number of likely N-dealkylation sites (tertiary alicyclic amines) is 1. The third kappa shape index (κ3) is 1.81. The molecule has 0 bridgehead atoms. The van der Waals surface area contributed by atoms with E-state index in [0.29, 0.717) is 16.3 Å². The normalized spacial score (nSPS) is 19.4. The first-order valence-electron chi connectivity index (χ1n) is 6.02. The van der Waals surface area contributed by atoms with Crippen LogP contribution in [0.2, 0.25) is 0 Å².